The highest BCUT2D eigenvalue weighted by atomic mass is 32.2. The fourth-order valence-electron chi connectivity index (χ4n) is 1.85. The number of aryl methyl sites for hydroxylation is 1. The summed E-state index contributed by atoms with van der Waals surface area (Å²) < 4.78 is 6.60. The molecule has 1 unspecified atom stereocenters. The minimum atomic E-state index is -0.902. The number of aliphatic carboxylic acids is 1. The lowest BCUT2D eigenvalue weighted by molar-refractivity contribution is -0.136. The van der Waals surface area contributed by atoms with Crippen molar-refractivity contribution in [2.75, 3.05) is 7.11 Å². The van der Waals surface area contributed by atoms with Crippen LogP contribution < -0.4 is 10.3 Å². The summed E-state index contributed by atoms with van der Waals surface area (Å²) in [4.78, 5) is 27.7. The van der Waals surface area contributed by atoms with Crippen LogP contribution >= 0.6 is 11.8 Å². The third kappa shape index (κ3) is 3.18. The number of carboxylic acid groups (broad SMARTS) is 1. The van der Waals surface area contributed by atoms with Crippen LogP contribution in [0.2, 0.25) is 0 Å². The molecule has 1 aromatic carbocycles. The number of benzene rings is 1. The standard InChI is InChI=1S/C14H16N2O4S/c1-8(14(18)19)21-7-16-9(2)15-12-5-4-10(20-3)6-11(12)13(16)17/h4-6,8H,7H2,1-3H3,(H,18,19). The Kier molecular flexibility index (Phi) is 4.52. The Balaban J connectivity index is 2.44. The van der Waals surface area contributed by atoms with E-state index in [1.165, 1.54) is 23.4 Å². The molecule has 0 saturated carbocycles. The molecule has 0 spiro atoms. The Morgan fingerprint density at radius 3 is 2.86 bits per heavy atom. The maximum atomic E-state index is 12.5. The molecule has 112 valence electrons. The number of rotatable bonds is 5. The molecular formula is C14H16N2O4S. The highest BCUT2D eigenvalue weighted by Gasteiger charge is 2.14. The zero-order valence-electron chi connectivity index (χ0n) is 12.0. The average Bonchev–Trinajstić information content (AvgIpc) is 2.46. The van der Waals surface area contributed by atoms with Gasteiger partial charge in [0.2, 0.25) is 0 Å². The molecule has 21 heavy (non-hydrogen) atoms. The van der Waals surface area contributed by atoms with Gasteiger partial charge in [-0.3, -0.25) is 14.2 Å². The summed E-state index contributed by atoms with van der Waals surface area (Å²) in [6.07, 6.45) is 0. The molecule has 0 saturated heterocycles. The van der Waals surface area contributed by atoms with Crippen LogP contribution in [0.3, 0.4) is 0 Å². The minimum absolute atomic E-state index is 0.193. The van der Waals surface area contributed by atoms with Gasteiger partial charge in [-0.1, -0.05) is 0 Å². The molecule has 7 heteroatoms. The van der Waals surface area contributed by atoms with E-state index in [1.807, 2.05) is 0 Å². The number of thioether (sulfide) groups is 1. The topological polar surface area (TPSA) is 81.4 Å². The third-order valence-corrected chi connectivity index (χ3v) is 4.26. The summed E-state index contributed by atoms with van der Waals surface area (Å²) in [5.41, 5.74) is 0.410. The number of aromatic nitrogens is 2. The number of hydrogen-bond donors (Lipinski definition) is 1. The molecule has 1 aromatic heterocycles. The molecule has 0 radical (unpaired) electrons. The summed E-state index contributed by atoms with van der Waals surface area (Å²) in [5, 5.41) is 8.77. The lowest BCUT2D eigenvalue weighted by Gasteiger charge is -2.12. The molecule has 1 heterocycles. The van der Waals surface area contributed by atoms with Crippen LogP contribution in [0.4, 0.5) is 0 Å². The van der Waals surface area contributed by atoms with Crippen molar-refractivity contribution >= 4 is 28.6 Å². The van der Waals surface area contributed by atoms with Crippen LogP contribution in [0.25, 0.3) is 10.9 Å². The van der Waals surface area contributed by atoms with Crippen molar-refractivity contribution in [1.29, 1.82) is 0 Å². The number of fused-ring (bicyclic) bond motifs is 1. The zero-order valence-corrected chi connectivity index (χ0v) is 12.8. The lowest BCUT2D eigenvalue weighted by atomic mass is 10.2. The van der Waals surface area contributed by atoms with Crippen LogP contribution in [-0.4, -0.2) is 33.0 Å². The number of ether oxygens (including phenoxy) is 1. The second kappa shape index (κ2) is 6.17. The van der Waals surface area contributed by atoms with E-state index in [0.717, 1.165) is 0 Å². The summed E-state index contributed by atoms with van der Waals surface area (Å²) in [7, 11) is 1.53. The van der Waals surface area contributed by atoms with E-state index >= 15 is 0 Å². The first-order chi connectivity index (χ1) is 9.93. The summed E-state index contributed by atoms with van der Waals surface area (Å²) >= 11 is 1.18. The zero-order chi connectivity index (χ0) is 15.6. The Morgan fingerprint density at radius 1 is 1.52 bits per heavy atom. The van der Waals surface area contributed by atoms with E-state index in [0.29, 0.717) is 22.5 Å². The van der Waals surface area contributed by atoms with Crippen LogP contribution in [0.15, 0.2) is 23.0 Å². The van der Waals surface area contributed by atoms with Crippen LogP contribution in [0.5, 0.6) is 5.75 Å². The van der Waals surface area contributed by atoms with Crippen molar-refractivity contribution in [3.05, 3.63) is 34.4 Å². The first kappa shape index (κ1) is 15.4. The van der Waals surface area contributed by atoms with Gasteiger partial charge in [0.15, 0.2) is 0 Å². The Morgan fingerprint density at radius 2 is 2.24 bits per heavy atom. The van der Waals surface area contributed by atoms with E-state index in [1.54, 1.807) is 32.0 Å². The number of nitrogens with zero attached hydrogens (tertiary/aromatic N) is 2. The predicted octanol–water partition coefficient (Wildman–Crippen LogP) is 1.88. The van der Waals surface area contributed by atoms with Gasteiger partial charge in [0.05, 0.1) is 23.9 Å². The van der Waals surface area contributed by atoms with Gasteiger partial charge in [-0.15, -0.1) is 11.8 Å². The van der Waals surface area contributed by atoms with E-state index in [-0.39, 0.29) is 11.4 Å². The van der Waals surface area contributed by atoms with Gasteiger partial charge in [0.25, 0.3) is 5.56 Å². The maximum absolute atomic E-state index is 12.5. The van der Waals surface area contributed by atoms with Gasteiger partial charge in [-0.05, 0) is 32.0 Å². The number of methoxy groups -OCH3 is 1. The molecule has 2 rings (SSSR count). The van der Waals surface area contributed by atoms with Gasteiger partial charge in [0.1, 0.15) is 16.8 Å². The molecule has 0 fully saturated rings. The number of hydrogen-bond acceptors (Lipinski definition) is 5. The first-order valence-corrected chi connectivity index (χ1v) is 7.38. The second-order valence-electron chi connectivity index (χ2n) is 4.55. The number of carboxylic acids is 1. The second-order valence-corrected chi connectivity index (χ2v) is 5.85. The summed E-state index contributed by atoms with van der Waals surface area (Å²) in [5.74, 6) is 0.491. The third-order valence-electron chi connectivity index (χ3n) is 3.15. The first-order valence-electron chi connectivity index (χ1n) is 6.33. The van der Waals surface area contributed by atoms with Crippen molar-refractivity contribution in [2.24, 2.45) is 0 Å². The molecular weight excluding hydrogens is 292 g/mol. The fourth-order valence-corrected chi connectivity index (χ4v) is 2.67. The Bertz CT molecular complexity index is 742. The smallest absolute Gasteiger partial charge is 0.316 e. The molecule has 0 aliphatic carbocycles. The monoisotopic (exact) mass is 308 g/mol. The van der Waals surface area contributed by atoms with Crippen LogP contribution in [0.1, 0.15) is 12.7 Å². The molecule has 0 aliphatic rings. The van der Waals surface area contributed by atoms with Gasteiger partial charge in [0, 0.05) is 0 Å². The number of carbonyl (C=O) groups is 1. The summed E-state index contributed by atoms with van der Waals surface area (Å²) in [6, 6.07) is 5.13. The van der Waals surface area contributed by atoms with Crippen molar-refractivity contribution in [1.82, 2.24) is 9.55 Å². The Labute approximate surface area is 125 Å². The lowest BCUT2D eigenvalue weighted by Crippen LogP contribution is -2.24. The van der Waals surface area contributed by atoms with Crippen molar-refractivity contribution in [2.45, 2.75) is 25.0 Å². The molecule has 1 N–H and O–H groups in total. The molecule has 0 amide bonds. The van der Waals surface area contributed by atoms with E-state index in [2.05, 4.69) is 4.98 Å². The minimum Gasteiger partial charge on any atom is -0.497 e. The van der Waals surface area contributed by atoms with Crippen molar-refractivity contribution < 1.29 is 14.6 Å². The van der Waals surface area contributed by atoms with Crippen LogP contribution in [0, 0.1) is 6.92 Å². The van der Waals surface area contributed by atoms with Crippen LogP contribution in [-0.2, 0) is 10.7 Å². The van der Waals surface area contributed by atoms with Crippen molar-refractivity contribution in [3.63, 3.8) is 0 Å². The predicted molar refractivity (Wildman–Crippen MR) is 82.0 cm³/mol. The highest BCUT2D eigenvalue weighted by molar-refractivity contribution is 7.99. The quantitative estimate of drug-likeness (QED) is 0.908. The van der Waals surface area contributed by atoms with Gasteiger partial charge < -0.3 is 9.84 Å². The molecule has 0 aliphatic heterocycles. The van der Waals surface area contributed by atoms with Gasteiger partial charge in [-0.2, -0.15) is 0 Å². The van der Waals surface area contributed by atoms with Gasteiger partial charge in [-0.25, -0.2) is 4.98 Å². The maximum Gasteiger partial charge on any atom is 0.316 e. The van der Waals surface area contributed by atoms with E-state index in [9.17, 15) is 9.59 Å². The van der Waals surface area contributed by atoms with Crippen molar-refractivity contribution in [3.8, 4) is 5.75 Å². The summed E-state index contributed by atoms with van der Waals surface area (Å²) in [6.45, 7) is 3.32. The molecule has 1 atom stereocenters. The Hall–Kier alpha value is -2.02. The molecule has 2 aromatic rings. The largest absolute Gasteiger partial charge is 0.497 e. The molecule has 6 nitrogen and oxygen atoms in total. The SMILES string of the molecule is COc1ccc2nc(C)n(CSC(C)C(=O)O)c(=O)c2c1. The molecule has 0 bridgehead atoms. The van der Waals surface area contributed by atoms with E-state index < -0.39 is 11.2 Å². The normalized spacial score (nSPS) is 12.3. The highest BCUT2D eigenvalue weighted by Crippen LogP contribution is 2.18. The fraction of sp³-hybridized carbons (Fsp3) is 0.357. The average molecular weight is 308 g/mol. The van der Waals surface area contributed by atoms with Gasteiger partial charge >= 0.3 is 5.97 Å². The van der Waals surface area contributed by atoms with E-state index in [4.69, 9.17) is 9.84 Å².